The molecular weight excluding hydrogens is 248 g/mol. The maximum Gasteiger partial charge on any atom is 0.0604 e. The SMILES string of the molecule is CCOC1CC(N2CC(C(C)CC)NCC2C(C)C)C1. The van der Waals surface area contributed by atoms with Gasteiger partial charge < -0.3 is 10.1 Å². The molecule has 0 amide bonds. The number of rotatable bonds is 6. The van der Waals surface area contributed by atoms with Crippen LogP contribution in [0.3, 0.4) is 0 Å². The third-order valence-corrected chi connectivity index (χ3v) is 5.46. The van der Waals surface area contributed by atoms with Gasteiger partial charge in [-0.1, -0.05) is 34.1 Å². The molecule has 1 heterocycles. The monoisotopic (exact) mass is 282 g/mol. The first-order chi connectivity index (χ1) is 9.56. The molecule has 20 heavy (non-hydrogen) atoms. The molecule has 1 saturated heterocycles. The van der Waals surface area contributed by atoms with Crippen molar-refractivity contribution in [3.05, 3.63) is 0 Å². The minimum atomic E-state index is 0.523. The quantitative estimate of drug-likeness (QED) is 0.811. The highest BCUT2D eigenvalue weighted by Gasteiger charge is 2.41. The Morgan fingerprint density at radius 1 is 1.20 bits per heavy atom. The van der Waals surface area contributed by atoms with Crippen molar-refractivity contribution < 1.29 is 4.74 Å². The van der Waals surface area contributed by atoms with Crippen molar-refractivity contribution in [2.45, 2.75) is 78.1 Å². The largest absolute Gasteiger partial charge is 0.378 e. The van der Waals surface area contributed by atoms with E-state index >= 15 is 0 Å². The molecule has 0 bridgehead atoms. The molecule has 2 fully saturated rings. The Hall–Kier alpha value is -0.120. The van der Waals surface area contributed by atoms with Gasteiger partial charge in [-0.2, -0.15) is 0 Å². The summed E-state index contributed by atoms with van der Waals surface area (Å²) >= 11 is 0. The number of ether oxygens (including phenoxy) is 1. The maximum atomic E-state index is 5.75. The van der Waals surface area contributed by atoms with E-state index in [0.29, 0.717) is 18.2 Å². The van der Waals surface area contributed by atoms with E-state index in [2.05, 4.69) is 44.8 Å². The van der Waals surface area contributed by atoms with Crippen LogP contribution in [-0.4, -0.2) is 48.8 Å². The van der Waals surface area contributed by atoms with Crippen LogP contribution < -0.4 is 5.32 Å². The Bertz CT molecular complexity index is 289. The van der Waals surface area contributed by atoms with E-state index in [1.807, 2.05) is 0 Å². The van der Waals surface area contributed by atoms with Gasteiger partial charge >= 0.3 is 0 Å². The molecule has 2 aliphatic rings. The Morgan fingerprint density at radius 2 is 1.90 bits per heavy atom. The molecular formula is C17H34N2O. The third-order valence-electron chi connectivity index (χ3n) is 5.46. The lowest BCUT2D eigenvalue weighted by Gasteiger charge is -2.52. The number of nitrogens with one attached hydrogen (secondary N) is 1. The zero-order valence-corrected chi connectivity index (χ0v) is 14.1. The van der Waals surface area contributed by atoms with Crippen LogP contribution in [0.25, 0.3) is 0 Å². The molecule has 3 heteroatoms. The second-order valence-corrected chi connectivity index (χ2v) is 7.11. The van der Waals surface area contributed by atoms with Crippen molar-refractivity contribution in [3.63, 3.8) is 0 Å². The fourth-order valence-electron chi connectivity index (χ4n) is 3.70. The molecule has 3 unspecified atom stereocenters. The average molecular weight is 282 g/mol. The zero-order chi connectivity index (χ0) is 14.7. The van der Waals surface area contributed by atoms with Gasteiger partial charge in [0.25, 0.3) is 0 Å². The Morgan fingerprint density at radius 3 is 2.45 bits per heavy atom. The Labute approximate surface area is 125 Å². The van der Waals surface area contributed by atoms with Crippen LogP contribution in [0, 0.1) is 11.8 Å². The minimum Gasteiger partial charge on any atom is -0.378 e. The van der Waals surface area contributed by atoms with Crippen molar-refractivity contribution in [1.82, 2.24) is 10.2 Å². The zero-order valence-electron chi connectivity index (χ0n) is 14.1. The lowest BCUT2D eigenvalue weighted by molar-refractivity contribution is -0.0751. The van der Waals surface area contributed by atoms with E-state index in [1.165, 1.54) is 25.8 Å². The Balaban J connectivity index is 1.94. The number of hydrogen-bond donors (Lipinski definition) is 1. The normalized spacial score (nSPS) is 36.9. The summed E-state index contributed by atoms with van der Waals surface area (Å²) in [5, 5.41) is 3.80. The summed E-state index contributed by atoms with van der Waals surface area (Å²) in [6.45, 7) is 14.8. The van der Waals surface area contributed by atoms with Crippen LogP contribution in [0.15, 0.2) is 0 Å². The summed E-state index contributed by atoms with van der Waals surface area (Å²) in [7, 11) is 0. The molecule has 1 saturated carbocycles. The third kappa shape index (κ3) is 3.55. The summed E-state index contributed by atoms with van der Waals surface area (Å²) in [5.74, 6) is 1.50. The molecule has 1 aliphatic carbocycles. The van der Waals surface area contributed by atoms with Crippen LogP contribution in [0.2, 0.25) is 0 Å². The lowest BCUT2D eigenvalue weighted by atomic mass is 9.83. The van der Waals surface area contributed by atoms with Gasteiger partial charge in [-0.05, 0) is 31.6 Å². The summed E-state index contributed by atoms with van der Waals surface area (Å²) in [6, 6.07) is 2.12. The van der Waals surface area contributed by atoms with Crippen molar-refractivity contribution in [2.24, 2.45) is 11.8 Å². The highest BCUT2D eigenvalue weighted by atomic mass is 16.5. The molecule has 0 radical (unpaired) electrons. The summed E-state index contributed by atoms with van der Waals surface area (Å²) in [5.41, 5.74) is 0. The summed E-state index contributed by atoms with van der Waals surface area (Å²) < 4.78 is 5.75. The first kappa shape index (κ1) is 16.3. The van der Waals surface area contributed by atoms with Crippen LogP contribution in [0.5, 0.6) is 0 Å². The number of piperazine rings is 1. The molecule has 0 aromatic carbocycles. The van der Waals surface area contributed by atoms with Gasteiger partial charge in [-0.15, -0.1) is 0 Å². The fraction of sp³-hybridized carbons (Fsp3) is 1.00. The first-order valence-corrected chi connectivity index (χ1v) is 8.67. The van der Waals surface area contributed by atoms with E-state index in [1.54, 1.807) is 0 Å². The molecule has 0 aromatic rings. The molecule has 3 atom stereocenters. The highest BCUT2D eigenvalue weighted by molar-refractivity contribution is 4.97. The first-order valence-electron chi connectivity index (χ1n) is 8.67. The minimum absolute atomic E-state index is 0.523. The van der Waals surface area contributed by atoms with Gasteiger partial charge in [0.15, 0.2) is 0 Å². The van der Waals surface area contributed by atoms with Crippen LogP contribution in [-0.2, 0) is 4.74 Å². The van der Waals surface area contributed by atoms with Gasteiger partial charge in [-0.3, -0.25) is 4.90 Å². The van der Waals surface area contributed by atoms with Crippen molar-refractivity contribution in [1.29, 1.82) is 0 Å². The summed E-state index contributed by atoms with van der Waals surface area (Å²) in [4.78, 5) is 2.80. The van der Waals surface area contributed by atoms with E-state index in [4.69, 9.17) is 4.74 Å². The van der Waals surface area contributed by atoms with E-state index < -0.39 is 0 Å². The van der Waals surface area contributed by atoms with Crippen molar-refractivity contribution >= 4 is 0 Å². The topological polar surface area (TPSA) is 24.5 Å². The highest BCUT2D eigenvalue weighted by Crippen LogP contribution is 2.33. The molecule has 0 spiro atoms. The molecule has 1 aliphatic heterocycles. The van der Waals surface area contributed by atoms with Gasteiger partial charge in [0.1, 0.15) is 0 Å². The standard InChI is InChI=1S/C17H34N2O/c1-6-13(5)16-11-19(17(10-18-16)12(3)4)14-8-15(9-14)20-7-2/h12-18H,6-11H2,1-5H3. The molecule has 3 nitrogen and oxygen atoms in total. The van der Waals surface area contributed by atoms with Crippen LogP contribution in [0.4, 0.5) is 0 Å². The number of nitrogens with zero attached hydrogens (tertiary/aromatic N) is 1. The molecule has 1 N–H and O–H groups in total. The second kappa shape index (κ2) is 7.24. The average Bonchev–Trinajstić information content (AvgIpc) is 2.40. The predicted octanol–water partition coefficient (Wildman–Crippen LogP) is 2.90. The van der Waals surface area contributed by atoms with Gasteiger partial charge in [0.05, 0.1) is 6.10 Å². The number of hydrogen-bond acceptors (Lipinski definition) is 3. The molecule has 118 valence electrons. The van der Waals surface area contributed by atoms with Crippen LogP contribution in [0.1, 0.15) is 53.9 Å². The fourth-order valence-corrected chi connectivity index (χ4v) is 3.70. The van der Waals surface area contributed by atoms with Crippen molar-refractivity contribution in [2.75, 3.05) is 19.7 Å². The smallest absolute Gasteiger partial charge is 0.0604 e. The molecule has 2 rings (SSSR count). The van der Waals surface area contributed by atoms with E-state index in [9.17, 15) is 0 Å². The predicted molar refractivity (Wildman–Crippen MR) is 85.0 cm³/mol. The van der Waals surface area contributed by atoms with E-state index in [-0.39, 0.29) is 0 Å². The second-order valence-electron chi connectivity index (χ2n) is 7.11. The van der Waals surface area contributed by atoms with Crippen LogP contribution >= 0.6 is 0 Å². The van der Waals surface area contributed by atoms with Gasteiger partial charge in [0, 0.05) is 37.8 Å². The Kier molecular flexibility index (Phi) is 5.88. The lowest BCUT2D eigenvalue weighted by Crippen LogP contribution is -2.65. The van der Waals surface area contributed by atoms with Gasteiger partial charge in [-0.25, -0.2) is 0 Å². The summed E-state index contributed by atoms with van der Waals surface area (Å²) in [6.07, 6.45) is 4.27. The molecule has 0 aromatic heterocycles. The van der Waals surface area contributed by atoms with Gasteiger partial charge in [0.2, 0.25) is 0 Å². The van der Waals surface area contributed by atoms with Crippen molar-refractivity contribution in [3.8, 4) is 0 Å². The van der Waals surface area contributed by atoms with E-state index in [0.717, 1.165) is 31.0 Å². The maximum absolute atomic E-state index is 5.75.